The maximum atomic E-state index is 12.8. The molecule has 4 rings (SSSR count). The molecule has 0 saturated carbocycles. The van der Waals surface area contributed by atoms with Gasteiger partial charge >= 0.3 is 6.18 Å². The van der Waals surface area contributed by atoms with Crippen LogP contribution in [0.1, 0.15) is 5.82 Å². The zero-order valence-electron chi connectivity index (χ0n) is 18.0. The van der Waals surface area contributed by atoms with Crippen LogP contribution in [-0.4, -0.2) is 67.7 Å². The van der Waals surface area contributed by atoms with Crippen molar-refractivity contribution in [2.75, 3.05) is 18.1 Å². The Bertz CT molecular complexity index is 1250. The molecule has 12 nitrogen and oxygen atoms in total. The normalized spacial score (nSPS) is 20.0. The first-order valence-corrected chi connectivity index (χ1v) is 11.9. The van der Waals surface area contributed by atoms with Crippen molar-refractivity contribution >= 4 is 51.9 Å². The highest BCUT2D eigenvalue weighted by atomic mass is 32.2. The predicted molar refractivity (Wildman–Crippen MR) is 117 cm³/mol. The van der Waals surface area contributed by atoms with Gasteiger partial charge in [0.05, 0.1) is 11.7 Å². The van der Waals surface area contributed by atoms with Gasteiger partial charge in [0.2, 0.25) is 18.1 Å². The Hall–Kier alpha value is -3.73. The highest BCUT2D eigenvalue weighted by Gasteiger charge is 2.53. The summed E-state index contributed by atoms with van der Waals surface area (Å²) in [6.07, 6.45) is -1.25. The van der Waals surface area contributed by atoms with E-state index in [-0.39, 0.29) is 23.1 Å². The Labute approximate surface area is 208 Å². The van der Waals surface area contributed by atoms with Crippen LogP contribution in [0.4, 0.5) is 18.3 Å². The summed E-state index contributed by atoms with van der Waals surface area (Å²) in [4.78, 5) is 46.5. The number of nitrogen functional groups attached to an aromatic ring is 1. The molecule has 3 N–H and O–H groups in total. The van der Waals surface area contributed by atoms with Crippen molar-refractivity contribution < 1.29 is 42.1 Å². The zero-order chi connectivity index (χ0) is 26.0. The number of nitrogens with two attached hydrogens (primary N) is 1. The lowest BCUT2D eigenvalue weighted by Gasteiger charge is -2.50. The standard InChI is InChI=1S/C19H16F3N7O5S2/c20-19(21,22)8-34-26-10(13-25-18(23)36-27-13)14(30)24-11-15(31)29-12(17(32)33)9(7-35-16(11)29)6-28-4-2-1-3-5-28/h1-5,11,16H,6-8H2,(H3-,23,24,25,27,30,32,33)/t11?,16-/m1/s1. The molecule has 2 aliphatic rings. The molecule has 190 valence electrons. The number of β-lactam (4-membered cyclic amide) rings is 1. The second-order valence-electron chi connectivity index (χ2n) is 7.43. The average molecular weight is 544 g/mol. The van der Waals surface area contributed by atoms with Gasteiger partial charge in [0.1, 0.15) is 11.4 Å². The third kappa shape index (κ3) is 5.40. The highest BCUT2D eigenvalue weighted by molar-refractivity contribution is 8.00. The molecule has 1 fully saturated rings. The number of aliphatic carboxylic acids is 1. The summed E-state index contributed by atoms with van der Waals surface area (Å²) in [5.74, 6) is -3.55. The Morgan fingerprint density at radius 1 is 1.33 bits per heavy atom. The van der Waals surface area contributed by atoms with E-state index >= 15 is 0 Å². The van der Waals surface area contributed by atoms with Crippen LogP contribution in [0.15, 0.2) is 47.0 Å². The highest BCUT2D eigenvalue weighted by Crippen LogP contribution is 2.40. The minimum absolute atomic E-state index is 0.0809. The number of alkyl halides is 3. The third-order valence-electron chi connectivity index (χ3n) is 4.93. The van der Waals surface area contributed by atoms with Crippen molar-refractivity contribution in [1.82, 2.24) is 19.6 Å². The summed E-state index contributed by atoms with van der Waals surface area (Å²) in [5, 5.41) is 16.6. The largest absolute Gasteiger partial charge is 0.543 e. The van der Waals surface area contributed by atoms with Crippen molar-refractivity contribution in [3.8, 4) is 0 Å². The quantitative estimate of drug-likeness (QED) is 0.180. The number of halogens is 3. The Kier molecular flexibility index (Phi) is 7.11. The molecule has 0 spiro atoms. The number of carbonyl (C=O) groups excluding carboxylic acids is 3. The number of carboxylic acid groups (broad SMARTS) is 1. The van der Waals surface area contributed by atoms with Crippen molar-refractivity contribution in [2.45, 2.75) is 24.1 Å². The lowest BCUT2D eigenvalue weighted by Crippen LogP contribution is -2.71. The molecule has 36 heavy (non-hydrogen) atoms. The number of fused-ring (bicyclic) bond motifs is 1. The number of carbonyl (C=O) groups is 3. The molecule has 4 heterocycles. The maximum absolute atomic E-state index is 12.8. The summed E-state index contributed by atoms with van der Waals surface area (Å²) in [6, 6.07) is 4.14. The molecule has 0 radical (unpaired) electrons. The van der Waals surface area contributed by atoms with Crippen molar-refractivity contribution in [3.63, 3.8) is 0 Å². The zero-order valence-corrected chi connectivity index (χ0v) is 19.6. The second-order valence-corrected chi connectivity index (χ2v) is 9.32. The number of hydrogen-bond acceptors (Lipinski definition) is 11. The molecule has 1 saturated heterocycles. The first-order valence-electron chi connectivity index (χ1n) is 10.0. The van der Waals surface area contributed by atoms with E-state index in [1.54, 1.807) is 35.2 Å². The predicted octanol–water partition coefficient (Wildman–Crippen LogP) is -1.21. The number of hydrogen-bond donors (Lipinski definition) is 2. The summed E-state index contributed by atoms with van der Waals surface area (Å²) in [7, 11) is 0. The second kappa shape index (κ2) is 10.1. The number of anilines is 1. The van der Waals surface area contributed by atoms with Gasteiger partial charge in [-0.25, -0.2) is 4.57 Å². The van der Waals surface area contributed by atoms with Crippen LogP contribution >= 0.6 is 23.3 Å². The molecule has 2 amide bonds. The molecule has 2 aromatic rings. The van der Waals surface area contributed by atoms with Gasteiger partial charge in [-0.15, -0.1) is 11.8 Å². The Morgan fingerprint density at radius 3 is 2.67 bits per heavy atom. The van der Waals surface area contributed by atoms with Crippen LogP contribution < -0.4 is 20.7 Å². The van der Waals surface area contributed by atoms with Gasteiger partial charge < -0.3 is 25.8 Å². The SMILES string of the molecule is Nc1nc(C(=NOCC(F)(F)F)C(=O)NC2C(=O)N3C(C(=O)[O-])=C(C[n+]4ccccc4)CS[C@H]23)ns1. The van der Waals surface area contributed by atoms with Gasteiger partial charge in [-0.2, -0.15) is 22.5 Å². The van der Waals surface area contributed by atoms with Crippen LogP contribution in [0.2, 0.25) is 0 Å². The van der Waals surface area contributed by atoms with Crippen LogP contribution in [0.5, 0.6) is 0 Å². The third-order valence-corrected chi connectivity index (χ3v) is 6.81. The number of nitrogens with one attached hydrogen (secondary N) is 1. The smallest absolute Gasteiger partial charge is 0.425 e. The number of nitrogens with zero attached hydrogens (tertiary/aromatic N) is 5. The van der Waals surface area contributed by atoms with Crippen molar-refractivity contribution in [3.05, 3.63) is 47.7 Å². The summed E-state index contributed by atoms with van der Waals surface area (Å²) >= 11 is 1.88. The average Bonchev–Trinajstić information content (AvgIpc) is 3.25. The molecule has 0 aromatic carbocycles. The molecule has 17 heteroatoms. The lowest BCUT2D eigenvalue weighted by molar-refractivity contribution is -0.689. The Morgan fingerprint density at radius 2 is 2.06 bits per heavy atom. The number of carboxylic acids is 1. The molecule has 2 aromatic heterocycles. The number of pyridine rings is 1. The summed E-state index contributed by atoms with van der Waals surface area (Å²) in [6.45, 7) is -1.57. The molecule has 0 aliphatic carbocycles. The number of oxime groups is 1. The van der Waals surface area contributed by atoms with Gasteiger partial charge in [-0.3, -0.25) is 14.5 Å². The first-order chi connectivity index (χ1) is 17.0. The van der Waals surface area contributed by atoms with Gasteiger partial charge in [-0.05, 0) is 0 Å². The monoisotopic (exact) mass is 543 g/mol. The molecule has 0 bridgehead atoms. The number of thioether (sulfide) groups is 1. The van der Waals surface area contributed by atoms with Crippen LogP contribution in [0.3, 0.4) is 0 Å². The fraction of sp³-hybridized carbons (Fsp3) is 0.316. The van der Waals surface area contributed by atoms with Gasteiger partial charge in [0.15, 0.2) is 24.1 Å². The maximum Gasteiger partial charge on any atom is 0.425 e. The molecule has 2 atom stereocenters. The van der Waals surface area contributed by atoms with Gasteiger partial charge in [0, 0.05) is 35.0 Å². The fourth-order valence-electron chi connectivity index (χ4n) is 3.45. The van der Waals surface area contributed by atoms with Crippen LogP contribution in [-0.2, 0) is 25.8 Å². The van der Waals surface area contributed by atoms with E-state index in [2.05, 4.69) is 24.7 Å². The molecule has 1 unspecified atom stereocenters. The van der Waals surface area contributed by atoms with Gasteiger partial charge in [-0.1, -0.05) is 11.2 Å². The minimum Gasteiger partial charge on any atom is -0.543 e. The van der Waals surface area contributed by atoms with E-state index < -0.39 is 53.5 Å². The summed E-state index contributed by atoms with van der Waals surface area (Å²) < 4.78 is 42.8. The van der Waals surface area contributed by atoms with E-state index in [0.29, 0.717) is 17.1 Å². The number of rotatable bonds is 8. The number of amides is 2. The Balaban J connectivity index is 1.52. The minimum atomic E-state index is -4.72. The number of aromatic nitrogens is 3. The first kappa shape index (κ1) is 25.4. The van der Waals surface area contributed by atoms with Gasteiger partial charge in [0.25, 0.3) is 11.8 Å². The van der Waals surface area contributed by atoms with E-state index in [1.807, 2.05) is 0 Å². The summed E-state index contributed by atoms with van der Waals surface area (Å²) in [5.41, 5.74) is 4.90. The molecular formula is C19H16F3N7O5S2. The van der Waals surface area contributed by atoms with Crippen LogP contribution in [0.25, 0.3) is 0 Å². The van der Waals surface area contributed by atoms with Crippen LogP contribution in [0, 0.1) is 0 Å². The molecule has 2 aliphatic heterocycles. The van der Waals surface area contributed by atoms with E-state index in [0.717, 1.165) is 4.90 Å². The van der Waals surface area contributed by atoms with Crippen molar-refractivity contribution in [1.29, 1.82) is 0 Å². The van der Waals surface area contributed by atoms with E-state index in [4.69, 9.17) is 5.73 Å². The van der Waals surface area contributed by atoms with E-state index in [9.17, 15) is 32.7 Å². The van der Waals surface area contributed by atoms with E-state index in [1.165, 1.54) is 11.8 Å². The topological polar surface area (TPSA) is 167 Å². The molecular weight excluding hydrogens is 527 g/mol. The fourth-order valence-corrected chi connectivity index (χ4v) is 5.22. The van der Waals surface area contributed by atoms with Crippen molar-refractivity contribution in [2.24, 2.45) is 5.16 Å². The lowest BCUT2D eigenvalue weighted by atomic mass is 10.0.